The second-order valence-corrected chi connectivity index (χ2v) is 6.08. The van der Waals surface area contributed by atoms with E-state index in [1.807, 2.05) is 30.3 Å². The number of carbonyl (C=O) groups excluding carboxylic acids is 2. The topological polar surface area (TPSA) is 37.4 Å². The van der Waals surface area contributed by atoms with E-state index in [0.29, 0.717) is 24.1 Å². The summed E-state index contributed by atoms with van der Waals surface area (Å²) in [6, 6.07) is 17.0. The first-order chi connectivity index (χ1) is 10.2. The molecule has 1 aliphatic heterocycles. The Kier molecular flexibility index (Phi) is 3.88. The van der Waals surface area contributed by atoms with E-state index in [2.05, 4.69) is 15.9 Å². The van der Waals surface area contributed by atoms with Crippen molar-refractivity contribution in [3.8, 4) is 0 Å². The Morgan fingerprint density at radius 2 is 1.38 bits per heavy atom. The summed E-state index contributed by atoms with van der Waals surface area (Å²) in [6.07, 6.45) is 0.690. The number of nitrogens with zero attached hydrogens (tertiary/aromatic N) is 1. The van der Waals surface area contributed by atoms with Gasteiger partial charge >= 0.3 is 0 Å². The van der Waals surface area contributed by atoms with Crippen LogP contribution in [0, 0.1) is 0 Å². The summed E-state index contributed by atoms with van der Waals surface area (Å²) in [5.74, 6) is -0.383. The highest BCUT2D eigenvalue weighted by atomic mass is 79.9. The third-order valence-electron chi connectivity index (χ3n) is 3.65. The van der Waals surface area contributed by atoms with Gasteiger partial charge in [0.2, 0.25) is 0 Å². The van der Waals surface area contributed by atoms with Crippen molar-refractivity contribution in [3.63, 3.8) is 0 Å². The first kappa shape index (κ1) is 14.0. The molecule has 3 nitrogen and oxygen atoms in total. The van der Waals surface area contributed by atoms with Crippen LogP contribution in [0.15, 0.2) is 54.6 Å². The van der Waals surface area contributed by atoms with Crippen molar-refractivity contribution in [2.24, 2.45) is 0 Å². The van der Waals surface area contributed by atoms with Crippen LogP contribution in [0.2, 0.25) is 0 Å². The molecular formula is C17H14BrNO2. The number of alkyl halides is 1. The summed E-state index contributed by atoms with van der Waals surface area (Å²) < 4.78 is 0. The highest BCUT2D eigenvalue weighted by Gasteiger charge is 2.34. The first-order valence-corrected chi connectivity index (χ1v) is 7.74. The Hall–Kier alpha value is -1.94. The van der Waals surface area contributed by atoms with Gasteiger partial charge in [0.1, 0.15) is 0 Å². The minimum atomic E-state index is -0.191. The Bertz CT molecular complexity index is 649. The zero-order valence-electron chi connectivity index (χ0n) is 11.3. The molecule has 0 aliphatic carbocycles. The molecule has 1 atom stereocenters. The molecule has 0 radical (unpaired) electrons. The summed E-state index contributed by atoms with van der Waals surface area (Å²) in [5.41, 5.74) is 2.16. The molecule has 106 valence electrons. The normalized spacial score (nSPS) is 15.2. The molecule has 1 heterocycles. The van der Waals surface area contributed by atoms with Gasteiger partial charge in [0.05, 0.1) is 11.1 Å². The molecule has 2 aromatic rings. The Balaban J connectivity index is 1.70. The number of hydrogen-bond donors (Lipinski definition) is 0. The molecule has 2 aromatic carbocycles. The second kappa shape index (κ2) is 5.82. The molecule has 1 unspecified atom stereocenters. The molecule has 0 saturated carbocycles. The van der Waals surface area contributed by atoms with Gasteiger partial charge < -0.3 is 0 Å². The van der Waals surface area contributed by atoms with E-state index in [1.54, 1.807) is 24.3 Å². The van der Waals surface area contributed by atoms with E-state index in [9.17, 15) is 9.59 Å². The van der Waals surface area contributed by atoms with Gasteiger partial charge in [0.15, 0.2) is 0 Å². The molecule has 0 spiro atoms. The van der Waals surface area contributed by atoms with Crippen molar-refractivity contribution < 1.29 is 9.59 Å². The average Bonchev–Trinajstić information content (AvgIpc) is 2.78. The van der Waals surface area contributed by atoms with Crippen LogP contribution in [0.25, 0.3) is 0 Å². The van der Waals surface area contributed by atoms with Crippen molar-refractivity contribution in [1.29, 1.82) is 0 Å². The molecule has 3 rings (SSSR count). The molecule has 0 aromatic heterocycles. The van der Waals surface area contributed by atoms with Gasteiger partial charge in [0, 0.05) is 11.4 Å². The van der Waals surface area contributed by atoms with Crippen LogP contribution in [0.3, 0.4) is 0 Å². The third kappa shape index (κ3) is 2.63. The highest BCUT2D eigenvalue weighted by Crippen LogP contribution is 2.29. The largest absolute Gasteiger partial charge is 0.274 e. The maximum Gasteiger partial charge on any atom is 0.261 e. The first-order valence-electron chi connectivity index (χ1n) is 6.82. The van der Waals surface area contributed by atoms with Gasteiger partial charge in [-0.25, -0.2) is 0 Å². The highest BCUT2D eigenvalue weighted by molar-refractivity contribution is 9.09. The maximum atomic E-state index is 12.2. The number of carbonyl (C=O) groups is 2. The quantitative estimate of drug-likeness (QED) is 0.625. The minimum absolute atomic E-state index is 0.128. The van der Waals surface area contributed by atoms with Crippen LogP contribution < -0.4 is 0 Å². The zero-order valence-corrected chi connectivity index (χ0v) is 12.9. The fraction of sp³-hybridized carbons (Fsp3) is 0.176. The van der Waals surface area contributed by atoms with E-state index < -0.39 is 0 Å². The Morgan fingerprint density at radius 1 is 0.857 bits per heavy atom. The van der Waals surface area contributed by atoms with Crippen molar-refractivity contribution in [2.45, 2.75) is 11.2 Å². The third-order valence-corrected chi connectivity index (χ3v) is 4.63. The van der Waals surface area contributed by atoms with Crippen LogP contribution in [0.4, 0.5) is 0 Å². The van der Waals surface area contributed by atoms with Gasteiger partial charge in [-0.05, 0) is 24.1 Å². The molecule has 0 N–H and O–H groups in total. The van der Waals surface area contributed by atoms with Crippen molar-refractivity contribution >= 4 is 27.7 Å². The molecule has 0 fully saturated rings. The zero-order chi connectivity index (χ0) is 14.8. The number of amides is 2. The molecule has 4 heteroatoms. The van der Waals surface area contributed by atoms with Crippen molar-refractivity contribution in [3.05, 3.63) is 71.3 Å². The lowest BCUT2D eigenvalue weighted by Gasteiger charge is -2.16. The lowest BCUT2D eigenvalue weighted by atomic mass is 10.1. The fourth-order valence-corrected chi connectivity index (χ4v) is 3.02. The second-order valence-electron chi connectivity index (χ2n) is 4.97. The standard InChI is InChI=1S/C17H14BrNO2/c18-15(12-6-2-1-3-7-12)10-11-19-16(20)13-8-4-5-9-14(13)17(19)21/h1-9,15H,10-11H2. The molecule has 2 amide bonds. The molecule has 1 aliphatic rings. The van der Waals surface area contributed by atoms with Gasteiger partial charge in [-0.15, -0.1) is 0 Å². The van der Waals surface area contributed by atoms with Crippen LogP contribution in [-0.4, -0.2) is 23.3 Å². The van der Waals surface area contributed by atoms with Crippen LogP contribution in [-0.2, 0) is 0 Å². The molecular weight excluding hydrogens is 330 g/mol. The number of rotatable bonds is 4. The Morgan fingerprint density at radius 3 is 1.95 bits per heavy atom. The monoisotopic (exact) mass is 343 g/mol. The number of halogens is 1. The van der Waals surface area contributed by atoms with Crippen LogP contribution in [0.5, 0.6) is 0 Å². The van der Waals surface area contributed by atoms with E-state index in [-0.39, 0.29) is 16.6 Å². The number of benzene rings is 2. The lowest BCUT2D eigenvalue weighted by Crippen LogP contribution is -2.31. The Labute approximate surface area is 131 Å². The fourth-order valence-electron chi connectivity index (χ4n) is 2.51. The lowest BCUT2D eigenvalue weighted by molar-refractivity contribution is 0.0652. The predicted octanol–water partition coefficient (Wildman–Crippen LogP) is 3.81. The summed E-state index contributed by atoms with van der Waals surface area (Å²) in [7, 11) is 0. The van der Waals surface area contributed by atoms with E-state index in [1.165, 1.54) is 4.90 Å². The van der Waals surface area contributed by atoms with Crippen LogP contribution in [0.1, 0.15) is 37.5 Å². The summed E-state index contributed by atoms with van der Waals surface area (Å²) in [6.45, 7) is 0.414. The molecule has 0 saturated heterocycles. The average molecular weight is 344 g/mol. The van der Waals surface area contributed by atoms with E-state index in [0.717, 1.165) is 5.56 Å². The SMILES string of the molecule is O=C1c2ccccc2C(=O)N1CCC(Br)c1ccccc1. The van der Waals surface area contributed by atoms with Crippen LogP contribution >= 0.6 is 15.9 Å². The summed E-state index contributed by atoms with van der Waals surface area (Å²) >= 11 is 3.62. The summed E-state index contributed by atoms with van der Waals surface area (Å²) in [4.78, 5) is 26.0. The van der Waals surface area contributed by atoms with E-state index >= 15 is 0 Å². The van der Waals surface area contributed by atoms with Gasteiger partial charge in [0.25, 0.3) is 11.8 Å². The van der Waals surface area contributed by atoms with Crippen molar-refractivity contribution in [2.75, 3.05) is 6.54 Å². The van der Waals surface area contributed by atoms with E-state index in [4.69, 9.17) is 0 Å². The smallest absolute Gasteiger partial charge is 0.261 e. The number of hydrogen-bond acceptors (Lipinski definition) is 2. The van der Waals surface area contributed by atoms with Gasteiger partial charge in [-0.1, -0.05) is 58.4 Å². The minimum Gasteiger partial charge on any atom is -0.274 e. The van der Waals surface area contributed by atoms with Gasteiger partial charge in [-0.2, -0.15) is 0 Å². The van der Waals surface area contributed by atoms with Crippen molar-refractivity contribution in [1.82, 2.24) is 4.90 Å². The maximum absolute atomic E-state index is 12.2. The summed E-state index contributed by atoms with van der Waals surface area (Å²) in [5, 5.41) is 0. The number of imide groups is 1. The number of fused-ring (bicyclic) bond motifs is 1. The molecule has 21 heavy (non-hydrogen) atoms. The predicted molar refractivity (Wildman–Crippen MR) is 84.5 cm³/mol. The molecule has 0 bridgehead atoms. The van der Waals surface area contributed by atoms with Gasteiger partial charge in [-0.3, -0.25) is 14.5 Å².